The highest BCUT2D eigenvalue weighted by Crippen LogP contribution is 2.44. The molecule has 1 aliphatic heterocycles. The summed E-state index contributed by atoms with van der Waals surface area (Å²) in [5, 5.41) is 11.7. The number of nitrogens with zero attached hydrogens (tertiary/aromatic N) is 2. The van der Waals surface area contributed by atoms with Crippen molar-refractivity contribution in [2.24, 2.45) is 5.92 Å². The van der Waals surface area contributed by atoms with Crippen LogP contribution in [0.25, 0.3) is 11.1 Å². The second-order valence-corrected chi connectivity index (χ2v) is 9.19. The molecule has 1 saturated heterocycles. The van der Waals surface area contributed by atoms with Gasteiger partial charge in [0.1, 0.15) is 12.6 Å². The highest BCUT2D eigenvalue weighted by atomic mass is 16.5. The molecule has 8 nitrogen and oxygen atoms in total. The third-order valence-corrected chi connectivity index (χ3v) is 6.59. The molecule has 0 aromatic heterocycles. The van der Waals surface area contributed by atoms with Gasteiger partial charge in [-0.25, -0.2) is 4.79 Å². The molecule has 1 heterocycles. The van der Waals surface area contributed by atoms with Gasteiger partial charge in [0, 0.05) is 32.1 Å². The Hall–Kier alpha value is -3.39. The van der Waals surface area contributed by atoms with Crippen LogP contribution < -0.4 is 5.32 Å². The number of piperazine rings is 1. The number of carbonyl (C=O) groups is 3. The van der Waals surface area contributed by atoms with Crippen molar-refractivity contribution in [2.75, 3.05) is 39.3 Å². The minimum atomic E-state index is -0.878. The number of hydrogen-bond donors (Lipinski definition) is 2. The fourth-order valence-electron chi connectivity index (χ4n) is 4.79. The van der Waals surface area contributed by atoms with Crippen molar-refractivity contribution in [2.45, 2.75) is 25.8 Å². The van der Waals surface area contributed by atoms with Crippen LogP contribution in [-0.4, -0.2) is 78.2 Å². The molecule has 1 aliphatic carbocycles. The molecule has 0 radical (unpaired) electrons. The number of rotatable bonds is 7. The molecule has 2 aromatic rings. The summed E-state index contributed by atoms with van der Waals surface area (Å²) >= 11 is 0. The van der Waals surface area contributed by atoms with Crippen molar-refractivity contribution in [3.8, 4) is 11.1 Å². The minimum absolute atomic E-state index is 0.0341. The van der Waals surface area contributed by atoms with E-state index in [0.29, 0.717) is 26.2 Å². The van der Waals surface area contributed by atoms with Crippen molar-refractivity contribution in [1.82, 2.24) is 15.1 Å². The first-order valence-electron chi connectivity index (χ1n) is 11.7. The molecule has 4 rings (SSSR count). The Kier molecular flexibility index (Phi) is 7.17. The van der Waals surface area contributed by atoms with Gasteiger partial charge in [0.2, 0.25) is 5.91 Å². The summed E-state index contributed by atoms with van der Waals surface area (Å²) in [6, 6.07) is 15.6. The van der Waals surface area contributed by atoms with E-state index in [1.54, 1.807) is 9.80 Å². The van der Waals surface area contributed by atoms with Crippen molar-refractivity contribution >= 4 is 18.0 Å². The highest BCUT2D eigenvalue weighted by Gasteiger charge is 2.33. The van der Waals surface area contributed by atoms with Gasteiger partial charge in [-0.3, -0.25) is 14.5 Å². The molecule has 34 heavy (non-hydrogen) atoms. The van der Waals surface area contributed by atoms with Crippen molar-refractivity contribution in [3.05, 3.63) is 59.7 Å². The van der Waals surface area contributed by atoms with E-state index >= 15 is 0 Å². The molecule has 0 saturated carbocycles. The van der Waals surface area contributed by atoms with Crippen LogP contribution in [0, 0.1) is 5.92 Å². The van der Waals surface area contributed by atoms with Gasteiger partial charge in [-0.15, -0.1) is 0 Å². The van der Waals surface area contributed by atoms with Gasteiger partial charge in [-0.1, -0.05) is 62.4 Å². The maximum atomic E-state index is 13.1. The lowest BCUT2D eigenvalue weighted by atomic mass is 9.98. The van der Waals surface area contributed by atoms with E-state index < -0.39 is 18.1 Å². The van der Waals surface area contributed by atoms with E-state index in [2.05, 4.69) is 29.6 Å². The molecule has 180 valence electrons. The Morgan fingerprint density at radius 1 is 0.971 bits per heavy atom. The number of nitrogens with one attached hydrogen (secondary N) is 1. The van der Waals surface area contributed by atoms with Crippen molar-refractivity contribution < 1.29 is 24.2 Å². The third kappa shape index (κ3) is 5.07. The Morgan fingerprint density at radius 3 is 2.06 bits per heavy atom. The summed E-state index contributed by atoms with van der Waals surface area (Å²) in [5.41, 5.74) is 4.58. The van der Waals surface area contributed by atoms with Crippen LogP contribution in [0.3, 0.4) is 0 Å². The number of carboxylic acid groups (broad SMARTS) is 1. The van der Waals surface area contributed by atoms with Crippen LogP contribution in [0.1, 0.15) is 30.9 Å². The lowest BCUT2D eigenvalue weighted by Gasteiger charge is -2.36. The standard InChI is InChI=1S/C26H31N3O5/c1-17(2)24(25(32)29-13-11-28(12-14-29)15-23(30)31)27-26(33)34-16-22-20-9-5-3-7-18(20)19-8-4-6-10-21(19)22/h3-10,17,22,24H,11-16H2,1-2H3,(H,27,33)(H,30,31)/t24-/m0/s1. The number of amides is 2. The molecular formula is C26H31N3O5. The molecule has 1 atom stereocenters. The summed E-state index contributed by atoms with van der Waals surface area (Å²) in [5.74, 6) is -1.21. The van der Waals surface area contributed by atoms with E-state index in [1.807, 2.05) is 38.1 Å². The predicted molar refractivity (Wildman–Crippen MR) is 127 cm³/mol. The number of ether oxygens (including phenoxy) is 1. The lowest BCUT2D eigenvalue weighted by Crippen LogP contribution is -2.56. The van der Waals surface area contributed by atoms with Crippen LogP contribution in [0.4, 0.5) is 4.79 Å². The van der Waals surface area contributed by atoms with E-state index in [1.165, 1.54) is 0 Å². The number of carboxylic acids is 1. The number of hydrogen-bond acceptors (Lipinski definition) is 5. The normalized spacial score (nSPS) is 16.6. The molecule has 8 heteroatoms. The number of fused-ring (bicyclic) bond motifs is 3. The smallest absolute Gasteiger partial charge is 0.407 e. The van der Waals surface area contributed by atoms with Crippen molar-refractivity contribution in [3.63, 3.8) is 0 Å². The summed E-state index contributed by atoms with van der Waals surface area (Å²) in [6.07, 6.45) is -0.613. The Morgan fingerprint density at radius 2 is 1.53 bits per heavy atom. The van der Waals surface area contributed by atoms with Gasteiger partial charge in [0.25, 0.3) is 0 Å². The topological polar surface area (TPSA) is 99.2 Å². The Balaban J connectivity index is 1.36. The van der Waals surface area contributed by atoms with Gasteiger partial charge < -0.3 is 20.1 Å². The van der Waals surface area contributed by atoms with Gasteiger partial charge in [-0.2, -0.15) is 0 Å². The fourth-order valence-corrected chi connectivity index (χ4v) is 4.79. The molecule has 2 aromatic carbocycles. The molecule has 2 N–H and O–H groups in total. The quantitative estimate of drug-likeness (QED) is 0.653. The molecular weight excluding hydrogens is 434 g/mol. The average molecular weight is 466 g/mol. The van der Waals surface area contributed by atoms with E-state index in [0.717, 1.165) is 22.3 Å². The number of alkyl carbamates (subject to hydrolysis) is 1. The van der Waals surface area contributed by atoms with E-state index in [-0.39, 0.29) is 30.9 Å². The first kappa shape index (κ1) is 23.8. The molecule has 0 unspecified atom stereocenters. The van der Waals surface area contributed by atoms with Crippen LogP contribution in [0.2, 0.25) is 0 Å². The maximum Gasteiger partial charge on any atom is 0.407 e. The molecule has 2 amide bonds. The van der Waals surface area contributed by atoms with Gasteiger partial charge in [-0.05, 0) is 28.2 Å². The van der Waals surface area contributed by atoms with Gasteiger partial charge in [0.05, 0.1) is 6.54 Å². The number of carbonyl (C=O) groups excluding carboxylic acids is 2. The van der Waals surface area contributed by atoms with E-state index in [4.69, 9.17) is 9.84 Å². The first-order valence-corrected chi connectivity index (χ1v) is 11.7. The van der Waals surface area contributed by atoms with Gasteiger partial charge in [0.15, 0.2) is 0 Å². The average Bonchev–Trinajstić information content (AvgIpc) is 3.14. The molecule has 0 bridgehead atoms. The lowest BCUT2D eigenvalue weighted by molar-refractivity contribution is -0.140. The second-order valence-electron chi connectivity index (χ2n) is 9.19. The Labute approximate surface area is 199 Å². The number of benzene rings is 2. The maximum absolute atomic E-state index is 13.1. The molecule has 1 fully saturated rings. The highest BCUT2D eigenvalue weighted by molar-refractivity contribution is 5.86. The van der Waals surface area contributed by atoms with Crippen LogP contribution in [-0.2, 0) is 14.3 Å². The molecule has 0 spiro atoms. The van der Waals surface area contributed by atoms with Crippen LogP contribution in [0.5, 0.6) is 0 Å². The summed E-state index contributed by atoms with van der Waals surface area (Å²) < 4.78 is 5.62. The minimum Gasteiger partial charge on any atom is -0.480 e. The van der Waals surface area contributed by atoms with Crippen molar-refractivity contribution in [1.29, 1.82) is 0 Å². The fraction of sp³-hybridized carbons (Fsp3) is 0.423. The summed E-state index contributed by atoms with van der Waals surface area (Å²) in [6.45, 7) is 5.77. The molecule has 2 aliphatic rings. The third-order valence-electron chi connectivity index (χ3n) is 6.59. The monoisotopic (exact) mass is 465 g/mol. The second kappa shape index (κ2) is 10.3. The summed E-state index contributed by atoms with van der Waals surface area (Å²) in [7, 11) is 0. The Bertz CT molecular complexity index is 1020. The van der Waals surface area contributed by atoms with Gasteiger partial charge >= 0.3 is 12.1 Å². The SMILES string of the molecule is CC(C)[C@H](NC(=O)OCC1c2ccccc2-c2ccccc21)C(=O)N1CCN(CC(=O)O)CC1. The zero-order chi connectivity index (χ0) is 24.2. The zero-order valence-electron chi connectivity index (χ0n) is 19.6. The predicted octanol–water partition coefficient (Wildman–Crippen LogP) is 2.78. The van der Waals surface area contributed by atoms with E-state index in [9.17, 15) is 14.4 Å². The van der Waals surface area contributed by atoms with Crippen LogP contribution in [0.15, 0.2) is 48.5 Å². The number of aliphatic carboxylic acids is 1. The largest absolute Gasteiger partial charge is 0.480 e. The zero-order valence-corrected chi connectivity index (χ0v) is 19.6. The summed E-state index contributed by atoms with van der Waals surface area (Å²) in [4.78, 5) is 40.2. The first-order chi connectivity index (χ1) is 16.3. The van der Waals surface area contributed by atoms with Crippen LogP contribution >= 0.6 is 0 Å².